The summed E-state index contributed by atoms with van der Waals surface area (Å²) < 4.78 is 0. The van der Waals surface area contributed by atoms with Gasteiger partial charge >= 0.3 is 6.03 Å². The fraction of sp³-hybridized carbons (Fsp3) is 0.250. The third-order valence-corrected chi connectivity index (χ3v) is 3.21. The minimum absolute atomic E-state index is 0.202. The second kappa shape index (κ2) is 6.11. The van der Waals surface area contributed by atoms with Gasteiger partial charge in [-0.1, -0.05) is 6.07 Å². The summed E-state index contributed by atoms with van der Waals surface area (Å²) in [5.74, 6) is 0. The molecule has 0 spiro atoms. The van der Waals surface area contributed by atoms with E-state index in [1.54, 1.807) is 23.7 Å². The van der Waals surface area contributed by atoms with Gasteiger partial charge < -0.3 is 10.6 Å². The van der Waals surface area contributed by atoms with Crippen molar-refractivity contribution >= 4 is 17.4 Å². The molecule has 0 radical (unpaired) electrons. The SMILES string of the molecule is Cc1csc(CNC(=O)NCc2cccnc2)n1. The van der Waals surface area contributed by atoms with Gasteiger partial charge in [0.15, 0.2) is 0 Å². The van der Waals surface area contributed by atoms with Crippen LogP contribution in [0.1, 0.15) is 16.3 Å². The molecule has 6 heteroatoms. The number of thiazole rings is 1. The molecule has 0 aliphatic carbocycles. The second-order valence-electron chi connectivity index (χ2n) is 3.78. The maximum atomic E-state index is 11.5. The molecular weight excluding hydrogens is 248 g/mol. The number of hydrogen-bond donors (Lipinski definition) is 2. The summed E-state index contributed by atoms with van der Waals surface area (Å²) in [6.45, 7) is 2.86. The average molecular weight is 262 g/mol. The first-order chi connectivity index (χ1) is 8.74. The Kier molecular flexibility index (Phi) is 4.25. The average Bonchev–Trinajstić information content (AvgIpc) is 2.81. The molecule has 2 aromatic rings. The van der Waals surface area contributed by atoms with Crippen LogP contribution in [0.5, 0.6) is 0 Å². The Labute approximate surface area is 109 Å². The Balaban J connectivity index is 1.73. The van der Waals surface area contributed by atoms with E-state index in [0.717, 1.165) is 16.3 Å². The standard InChI is InChI=1S/C12H14N4OS/c1-9-8-18-11(16-9)7-15-12(17)14-6-10-3-2-4-13-5-10/h2-5,8H,6-7H2,1H3,(H2,14,15,17). The summed E-state index contributed by atoms with van der Waals surface area (Å²) >= 11 is 1.54. The molecule has 18 heavy (non-hydrogen) atoms. The highest BCUT2D eigenvalue weighted by molar-refractivity contribution is 7.09. The molecule has 0 bridgehead atoms. The molecular formula is C12H14N4OS. The Morgan fingerprint density at radius 3 is 2.89 bits per heavy atom. The molecule has 0 aliphatic heterocycles. The summed E-state index contributed by atoms with van der Waals surface area (Å²) in [6.07, 6.45) is 3.43. The highest BCUT2D eigenvalue weighted by Gasteiger charge is 2.02. The van der Waals surface area contributed by atoms with Crippen LogP contribution in [-0.2, 0) is 13.1 Å². The number of carbonyl (C=O) groups excluding carboxylic acids is 1. The minimum Gasteiger partial charge on any atom is -0.334 e. The quantitative estimate of drug-likeness (QED) is 0.883. The van der Waals surface area contributed by atoms with Crippen molar-refractivity contribution in [2.75, 3.05) is 0 Å². The zero-order valence-electron chi connectivity index (χ0n) is 10.0. The molecule has 0 fully saturated rings. The van der Waals surface area contributed by atoms with Crippen LogP contribution in [-0.4, -0.2) is 16.0 Å². The number of pyridine rings is 1. The monoisotopic (exact) mass is 262 g/mol. The van der Waals surface area contributed by atoms with Gasteiger partial charge in [0.2, 0.25) is 0 Å². The van der Waals surface area contributed by atoms with Gasteiger partial charge in [0.25, 0.3) is 0 Å². The van der Waals surface area contributed by atoms with Gasteiger partial charge in [-0.05, 0) is 18.6 Å². The van der Waals surface area contributed by atoms with E-state index < -0.39 is 0 Å². The van der Waals surface area contributed by atoms with Gasteiger partial charge in [0, 0.05) is 30.0 Å². The lowest BCUT2D eigenvalue weighted by molar-refractivity contribution is 0.240. The first-order valence-electron chi connectivity index (χ1n) is 5.55. The minimum atomic E-state index is -0.202. The fourth-order valence-corrected chi connectivity index (χ4v) is 2.10. The number of urea groups is 1. The molecule has 94 valence electrons. The van der Waals surface area contributed by atoms with E-state index >= 15 is 0 Å². The van der Waals surface area contributed by atoms with Gasteiger partial charge in [-0.15, -0.1) is 11.3 Å². The molecule has 0 atom stereocenters. The van der Waals surface area contributed by atoms with Gasteiger partial charge in [0.1, 0.15) is 5.01 Å². The van der Waals surface area contributed by atoms with Crippen molar-refractivity contribution in [2.45, 2.75) is 20.0 Å². The molecule has 0 unspecified atom stereocenters. The number of aryl methyl sites for hydroxylation is 1. The third kappa shape index (κ3) is 3.81. The predicted octanol–water partition coefficient (Wildman–Crippen LogP) is 1.85. The highest BCUT2D eigenvalue weighted by atomic mass is 32.1. The van der Waals surface area contributed by atoms with E-state index in [-0.39, 0.29) is 6.03 Å². The van der Waals surface area contributed by atoms with E-state index in [1.165, 1.54) is 0 Å². The van der Waals surface area contributed by atoms with Gasteiger partial charge in [-0.25, -0.2) is 9.78 Å². The van der Waals surface area contributed by atoms with Crippen molar-refractivity contribution < 1.29 is 4.79 Å². The number of hydrogen-bond acceptors (Lipinski definition) is 4. The summed E-state index contributed by atoms with van der Waals surface area (Å²) in [5.41, 5.74) is 1.95. The van der Waals surface area contributed by atoms with Crippen molar-refractivity contribution in [3.05, 3.63) is 46.2 Å². The van der Waals surface area contributed by atoms with Crippen molar-refractivity contribution in [3.63, 3.8) is 0 Å². The molecule has 2 rings (SSSR count). The number of carbonyl (C=O) groups is 1. The van der Waals surface area contributed by atoms with Crippen LogP contribution in [0.4, 0.5) is 4.79 Å². The fourth-order valence-electron chi connectivity index (χ4n) is 1.39. The van der Waals surface area contributed by atoms with E-state index in [0.29, 0.717) is 13.1 Å². The number of nitrogens with zero attached hydrogens (tertiary/aromatic N) is 2. The molecule has 2 N–H and O–H groups in total. The zero-order chi connectivity index (χ0) is 12.8. The van der Waals surface area contributed by atoms with Crippen LogP contribution in [0.25, 0.3) is 0 Å². The van der Waals surface area contributed by atoms with Gasteiger partial charge in [-0.3, -0.25) is 4.98 Å². The third-order valence-electron chi connectivity index (χ3n) is 2.24. The lowest BCUT2D eigenvalue weighted by Crippen LogP contribution is -2.34. The summed E-state index contributed by atoms with van der Waals surface area (Å²) in [5, 5.41) is 8.39. The maximum Gasteiger partial charge on any atom is 0.315 e. The topological polar surface area (TPSA) is 66.9 Å². The summed E-state index contributed by atoms with van der Waals surface area (Å²) in [4.78, 5) is 19.8. The molecule has 2 aromatic heterocycles. The lowest BCUT2D eigenvalue weighted by Gasteiger charge is -2.05. The number of aromatic nitrogens is 2. The van der Waals surface area contributed by atoms with E-state index in [4.69, 9.17) is 0 Å². The van der Waals surface area contributed by atoms with Crippen molar-refractivity contribution in [2.24, 2.45) is 0 Å². The summed E-state index contributed by atoms with van der Waals surface area (Å²) in [6, 6.07) is 3.55. The number of nitrogens with one attached hydrogen (secondary N) is 2. The molecule has 0 aliphatic rings. The Bertz CT molecular complexity index is 512. The molecule has 0 saturated heterocycles. The van der Waals surface area contributed by atoms with E-state index in [2.05, 4.69) is 20.6 Å². The normalized spacial score (nSPS) is 10.1. The first kappa shape index (κ1) is 12.5. The predicted molar refractivity (Wildman–Crippen MR) is 70.2 cm³/mol. The van der Waals surface area contributed by atoms with Crippen LogP contribution in [0.3, 0.4) is 0 Å². The van der Waals surface area contributed by atoms with Crippen molar-refractivity contribution in [1.29, 1.82) is 0 Å². The summed E-state index contributed by atoms with van der Waals surface area (Å²) in [7, 11) is 0. The van der Waals surface area contributed by atoms with E-state index in [1.807, 2.05) is 24.4 Å². The van der Waals surface area contributed by atoms with Gasteiger partial charge in [-0.2, -0.15) is 0 Å². The Morgan fingerprint density at radius 2 is 2.22 bits per heavy atom. The first-order valence-corrected chi connectivity index (χ1v) is 6.43. The zero-order valence-corrected chi connectivity index (χ0v) is 10.8. The second-order valence-corrected chi connectivity index (χ2v) is 4.72. The van der Waals surface area contributed by atoms with E-state index in [9.17, 15) is 4.79 Å². The van der Waals surface area contributed by atoms with Crippen LogP contribution in [0, 0.1) is 6.92 Å². The van der Waals surface area contributed by atoms with Crippen LogP contribution in [0.15, 0.2) is 29.9 Å². The molecule has 2 amide bonds. The smallest absolute Gasteiger partial charge is 0.315 e. The Hall–Kier alpha value is -1.95. The van der Waals surface area contributed by atoms with Crippen molar-refractivity contribution in [1.82, 2.24) is 20.6 Å². The highest BCUT2D eigenvalue weighted by Crippen LogP contribution is 2.07. The Morgan fingerprint density at radius 1 is 1.39 bits per heavy atom. The maximum absolute atomic E-state index is 11.5. The van der Waals surface area contributed by atoms with Crippen molar-refractivity contribution in [3.8, 4) is 0 Å². The number of rotatable bonds is 4. The number of amides is 2. The molecule has 0 saturated carbocycles. The molecule has 5 nitrogen and oxygen atoms in total. The van der Waals surface area contributed by atoms with Crippen LogP contribution in [0.2, 0.25) is 0 Å². The molecule has 0 aromatic carbocycles. The van der Waals surface area contributed by atoms with Crippen LogP contribution < -0.4 is 10.6 Å². The van der Waals surface area contributed by atoms with Gasteiger partial charge in [0.05, 0.1) is 6.54 Å². The lowest BCUT2D eigenvalue weighted by atomic mass is 10.3. The molecule has 2 heterocycles. The van der Waals surface area contributed by atoms with Crippen LogP contribution >= 0.6 is 11.3 Å². The largest absolute Gasteiger partial charge is 0.334 e.